The number of furan rings is 2. The van der Waals surface area contributed by atoms with Crippen LogP contribution >= 0.6 is 11.6 Å². The van der Waals surface area contributed by atoms with Crippen molar-refractivity contribution in [3.05, 3.63) is 94.7 Å². The van der Waals surface area contributed by atoms with Crippen LogP contribution in [0.25, 0.3) is 22.6 Å². The molecule has 0 bridgehead atoms. The van der Waals surface area contributed by atoms with Crippen LogP contribution in [0.15, 0.2) is 79.7 Å². The first-order valence-corrected chi connectivity index (χ1v) is 10.9. The van der Waals surface area contributed by atoms with Gasteiger partial charge in [-0.1, -0.05) is 23.7 Å². The van der Waals surface area contributed by atoms with E-state index in [4.69, 9.17) is 31.9 Å². The first-order chi connectivity index (χ1) is 18.1. The Bertz CT molecular complexity index is 1580. The molecule has 0 unspecified atom stereocenters. The number of amides is 2. The van der Waals surface area contributed by atoms with Gasteiger partial charge in [-0.25, -0.2) is 13.2 Å². The van der Waals surface area contributed by atoms with Crippen LogP contribution in [0, 0.1) is 17.5 Å². The molecule has 0 spiro atoms. The lowest BCUT2D eigenvalue weighted by atomic mass is 10.1. The Balaban J connectivity index is 1.38. The molecule has 0 aliphatic carbocycles. The minimum atomic E-state index is -1.14. The number of nitrogens with one attached hydrogen (secondary N) is 2. The average molecular weight is 545 g/mol. The van der Waals surface area contributed by atoms with Crippen LogP contribution in [0.4, 0.5) is 13.2 Å². The second-order valence-corrected chi connectivity index (χ2v) is 7.81. The fourth-order valence-corrected chi connectivity index (χ4v) is 3.40. The molecule has 38 heavy (non-hydrogen) atoms. The molecular weight excluding hydrogens is 529 g/mol. The summed E-state index contributed by atoms with van der Waals surface area (Å²) < 4.78 is 52.0. The number of carbonyl (C=O) groups is 2. The molecule has 0 aliphatic heterocycles. The van der Waals surface area contributed by atoms with Gasteiger partial charge in [0.1, 0.15) is 17.3 Å². The van der Waals surface area contributed by atoms with Crippen LogP contribution in [0.2, 0.25) is 5.02 Å². The van der Waals surface area contributed by atoms with Gasteiger partial charge in [0.25, 0.3) is 11.8 Å². The van der Waals surface area contributed by atoms with E-state index in [0.717, 1.165) is 6.07 Å². The van der Waals surface area contributed by atoms with E-state index in [2.05, 4.69) is 20.8 Å². The Labute approximate surface area is 216 Å². The van der Waals surface area contributed by atoms with Gasteiger partial charge in [0.15, 0.2) is 23.2 Å². The van der Waals surface area contributed by atoms with Gasteiger partial charge in [0.2, 0.25) is 11.9 Å². The van der Waals surface area contributed by atoms with Gasteiger partial charge in [-0.05, 0) is 48.5 Å². The topological polar surface area (TPSA) is 161 Å². The van der Waals surface area contributed by atoms with Crippen molar-refractivity contribution in [3.8, 4) is 22.6 Å². The molecule has 2 heterocycles. The summed E-state index contributed by atoms with van der Waals surface area (Å²) in [4.78, 5) is 24.6. The predicted molar refractivity (Wildman–Crippen MR) is 131 cm³/mol. The Morgan fingerprint density at radius 1 is 0.737 bits per heavy atom. The van der Waals surface area contributed by atoms with Crippen LogP contribution in [0.1, 0.15) is 21.1 Å². The van der Waals surface area contributed by atoms with Gasteiger partial charge >= 0.3 is 0 Å². The normalized spacial score (nSPS) is 11.9. The minimum absolute atomic E-state index is 0.0139. The molecule has 0 fully saturated rings. The smallest absolute Gasteiger partial charge is 0.293 e. The fraction of sp³-hybridized carbons (Fsp3) is 0. The molecule has 14 heteroatoms. The van der Waals surface area contributed by atoms with Gasteiger partial charge in [0, 0.05) is 0 Å². The van der Waals surface area contributed by atoms with Gasteiger partial charge in [0.05, 0.1) is 16.1 Å². The zero-order valence-electron chi connectivity index (χ0n) is 19.0. The maximum atomic E-state index is 14.1. The molecular formula is C24H16ClF3N6O4. The lowest BCUT2D eigenvalue weighted by Gasteiger charge is -2.03. The SMILES string of the molecule is NC(=NN=C(N)NC(=O)c1ccc(-c2c(F)cccc2Cl)o1)NC(=O)c1ccc(-c2cccc(F)c2F)o1. The Morgan fingerprint density at radius 3 is 1.87 bits per heavy atom. The number of hydrogen-bond acceptors (Lipinski definition) is 6. The van der Waals surface area contributed by atoms with Gasteiger partial charge < -0.3 is 20.3 Å². The number of nitrogens with two attached hydrogens (primary N) is 2. The molecule has 0 saturated heterocycles. The molecule has 194 valence electrons. The lowest BCUT2D eigenvalue weighted by molar-refractivity contribution is 0.0942. The number of hydrogen-bond donors (Lipinski definition) is 4. The van der Waals surface area contributed by atoms with E-state index >= 15 is 0 Å². The van der Waals surface area contributed by atoms with E-state index < -0.39 is 41.2 Å². The molecule has 2 aromatic heterocycles. The number of benzene rings is 2. The van der Waals surface area contributed by atoms with Crippen LogP contribution < -0.4 is 22.1 Å². The van der Waals surface area contributed by atoms with Crippen molar-refractivity contribution in [2.24, 2.45) is 21.7 Å². The zero-order valence-corrected chi connectivity index (χ0v) is 19.7. The van der Waals surface area contributed by atoms with Crippen molar-refractivity contribution in [2.45, 2.75) is 0 Å². The average Bonchev–Trinajstić information content (AvgIpc) is 3.55. The monoisotopic (exact) mass is 544 g/mol. The van der Waals surface area contributed by atoms with Crippen molar-refractivity contribution >= 4 is 35.3 Å². The van der Waals surface area contributed by atoms with E-state index in [0.29, 0.717) is 0 Å². The fourth-order valence-electron chi connectivity index (χ4n) is 3.14. The van der Waals surface area contributed by atoms with Crippen molar-refractivity contribution in [2.75, 3.05) is 0 Å². The third-order valence-electron chi connectivity index (χ3n) is 4.83. The molecule has 4 rings (SSSR count). The Hall–Kier alpha value is -5.04. The zero-order chi connectivity index (χ0) is 27.4. The number of carbonyl (C=O) groups excluding carboxylic acids is 2. The predicted octanol–water partition coefficient (Wildman–Crippen LogP) is 3.98. The van der Waals surface area contributed by atoms with Crippen LogP contribution in [-0.4, -0.2) is 23.7 Å². The molecule has 0 radical (unpaired) electrons. The highest BCUT2D eigenvalue weighted by Crippen LogP contribution is 2.32. The lowest BCUT2D eigenvalue weighted by Crippen LogP contribution is -2.38. The van der Waals surface area contributed by atoms with Crippen LogP contribution in [-0.2, 0) is 0 Å². The van der Waals surface area contributed by atoms with Gasteiger partial charge in [-0.3, -0.25) is 20.2 Å². The third kappa shape index (κ3) is 5.68. The standard InChI is InChI=1S/C24H16ClF3N6O4/c25-12-4-2-5-13(26)19(12)16-8-10-18(38-16)22(36)32-24(30)34-33-23(29)31-21(35)17-9-7-15(37-17)11-3-1-6-14(27)20(11)28/h1-10H,(H3,29,31,33,35)(H3,30,32,34,36). The van der Waals surface area contributed by atoms with Crippen LogP contribution in [0.5, 0.6) is 0 Å². The highest BCUT2D eigenvalue weighted by atomic mass is 35.5. The number of halogens is 4. The van der Waals surface area contributed by atoms with E-state index in [9.17, 15) is 22.8 Å². The van der Waals surface area contributed by atoms with E-state index in [1.54, 1.807) is 0 Å². The van der Waals surface area contributed by atoms with Crippen molar-refractivity contribution in [1.29, 1.82) is 0 Å². The van der Waals surface area contributed by atoms with E-state index in [1.165, 1.54) is 54.6 Å². The largest absolute Gasteiger partial charge is 0.451 e. The number of guanidine groups is 2. The number of nitrogens with zero attached hydrogens (tertiary/aromatic N) is 2. The molecule has 2 amide bonds. The van der Waals surface area contributed by atoms with Crippen molar-refractivity contribution in [3.63, 3.8) is 0 Å². The summed E-state index contributed by atoms with van der Waals surface area (Å²) in [7, 11) is 0. The van der Waals surface area contributed by atoms with E-state index in [-0.39, 0.29) is 39.2 Å². The van der Waals surface area contributed by atoms with E-state index in [1.807, 2.05) is 0 Å². The first kappa shape index (κ1) is 26.0. The maximum Gasteiger partial charge on any atom is 0.293 e. The van der Waals surface area contributed by atoms with Gasteiger partial charge in [-0.2, -0.15) is 0 Å². The maximum absolute atomic E-state index is 14.1. The molecule has 0 atom stereocenters. The highest BCUT2D eigenvalue weighted by Gasteiger charge is 2.19. The molecule has 0 saturated carbocycles. The molecule has 4 aromatic rings. The summed E-state index contributed by atoms with van der Waals surface area (Å²) in [6, 6.07) is 12.7. The highest BCUT2D eigenvalue weighted by molar-refractivity contribution is 6.33. The Morgan fingerprint density at radius 2 is 1.26 bits per heavy atom. The summed E-state index contributed by atoms with van der Waals surface area (Å²) in [6.45, 7) is 0. The summed E-state index contributed by atoms with van der Waals surface area (Å²) >= 11 is 5.99. The summed E-state index contributed by atoms with van der Waals surface area (Å²) in [5.74, 6) is -6.20. The third-order valence-corrected chi connectivity index (χ3v) is 5.15. The molecule has 6 N–H and O–H groups in total. The minimum Gasteiger partial charge on any atom is -0.451 e. The summed E-state index contributed by atoms with van der Waals surface area (Å²) in [5.41, 5.74) is 11.0. The van der Waals surface area contributed by atoms with Crippen LogP contribution in [0.3, 0.4) is 0 Å². The number of rotatable bonds is 5. The second kappa shape index (κ2) is 10.9. The Kier molecular flexibility index (Phi) is 7.48. The van der Waals surface area contributed by atoms with Gasteiger partial charge in [-0.15, -0.1) is 10.2 Å². The molecule has 2 aromatic carbocycles. The molecule has 0 aliphatic rings. The quantitative estimate of drug-likeness (QED) is 0.169. The second-order valence-electron chi connectivity index (χ2n) is 7.40. The molecule has 10 nitrogen and oxygen atoms in total. The summed E-state index contributed by atoms with van der Waals surface area (Å²) in [5, 5.41) is 11.3. The van der Waals surface area contributed by atoms with Crippen molar-refractivity contribution in [1.82, 2.24) is 10.6 Å². The van der Waals surface area contributed by atoms with Crippen molar-refractivity contribution < 1.29 is 31.6 Å². The first-order valence-electron chi connectivity index (χ1n) is 10.5. The summed E-state index contributed by atoms with van der Waals surface area (Å²) in [6.07, 6.45) is 0.